The molecule has 0 saturated carbocycles. The summed E-state index contributed by atoms with van der Waals surface area (Å²) in [5.41, 5.74) is 3.26. The van der Waals surface area contributed by atoms with Gasteiger partial charge in [0.2, 0.25) is 5.91 Å². The van der Waals surface area contributed by atoms with Gasteiger partial charge in [-0.3, -0.25) is 9.69 Å². The molecule has 0 aliphatic rings. The fraction of sp³-hybridized carbons (Fsp3) is 0.611. The molecular weight excluding hydrogens is 260 g/mol. The van der Waals surface area contributed by atoms with Crippen LogP contribution in [0, 0.1) is 25.7 Å². The van der Waals surface area contributed by atoms with E-state index in [4.69, 9.17) is 0 Å². The minimum atomic E-state index is 0.0583. The topological polar surface area (TPSA) is 32.3 Å². The largest absolute Gasteiger partial charge is 0.325 e. The maximum Gasteiger partial charge on any atom is 0.238 e. The van der Waals surface area contributed by atoms with Gasteiger partial charge >= 0.3 is 0 Å². The molecule has 0 aliphatic carbocycles. The van der Waals surface area contributed by atoms with E-state index in [1.54, 1.807) is 0 Å². The molecule has 1 atom stereocenters. The van der Waals surface area contributed by atoms with Crippen molar-refractivity contribution >= 4 is 11.6 Å². The number of carbonyl (C=O) groups excluding carboxylic acids is 1. The second-order valence-corrected chi connectivity index (χ2v) is 6.73. The summed E-state index contributed by atoms with van der Waals surface area (Å²) in [5.74, 6) is 1.38. The van der Waals surface area contributed by atoms with Gasteiger partial charge in [0.05, 0.1) is 6.54 Å². The van der Waals surface area contributed by atoms with Gasteiger partial charge in [-0.05, 0) is 56.3 Å². The van der Waals surface area contributed by atoms with Crippen LogP contribution < -0.4 is 5.32 Å². The highest BCUT2D eigenvalue weighted by molar-refractivity contribution is 5.93. The van der Waals surface area contributed by atoms with Crippen molar-refractivity contribution in [3.8, 4) is 0 Å². The number of hydrogen-bond acceptors (Lipinski definition) is 2. The van der Waals surface area contributed by atoms with Gasteiger partial charge in [0.25, 0.3) is 0 Å². The number of aryl methyl sites for hydroxylation is 1. The third kappa shape index (κ3) is 6.30. The van der Waals surface area contributed by atoms with Crippen molar-refractivity contribution in [2.45, 2.75) is 41.0 Å². The first kappa shape index (κ1) is 17.7. The van der Waals surface area contributed by atoms with E-state index in [-0.39, 0.29) is 5.91 Å². The second kappa shape index (κ2) is 8.18. The van der Waals surface area contributed by atoms with Gasteiger partial charge in [-0.2, -0.15) is 0 Å². The zero-order valence-electron chi connectivity index (χ0n) is 14.4. The molecule has 0 aromatic heterocycles. The minimum Gasteiger partial charge on any atom is -0.325 e. The second-order valence-electron chi connectivity index (χ2n) is 6.73. The van der Waals surface area contributed by atoms with Gasteiger partial charge in [0.1, 0.15) is 0 Å². The number of likely N-dealkylation sites (N-methyl/N-ethyl adjacent to an activating group) is 1. The smallest absolute Gasteiger partial charge is 0.238 e. The number of rotatable bonds is 7. The van der Waals surface area contributed by atoms with Gasteiger partial charge in [-0.25, -0.2) is 0 Å². The molecule has 0 fully saturated rings. The van der Waals surface area contributed by atoms with Crippen LogP contribution in [0.1, 0.15) is 38.3 Å². The van der Waals surface area contributed by atoms with Gasteiger partial charge in [-0.1, -0.05) is 32.9 Å². The van der Waals surface area contributed by atoms with E-state index in [1.165, 1.54) is 12.0 Å². The van der Waals surface area contributed by atoms with Crippen LogP contribution in [0.4, 0.5) is 5.69 Å². The Labute approximate surface area is 129 Å². The number of benzene rings is 1. The summed E-state index contributed by atoms with van der Waals surface area (Å²) in [6, 6.07) is 6.00. The third-order valence-corrected chi connectivity index (χ3v) is 3.79. The van der Waals surface area contributed by atoms with Crippen molar-refractivity contribution < 1.29 is 4.79 Å². The van der Waals surface area contributed by atoms with Crippen molar-refractivity contribution in [1.29, 1.82) is 0 Å². The van der Waals surface area contributed by atoms with Crippen LogP contribution in [0.15, 0.2) is 18.2 Å². The Hall–Kier alpha value is -1.35. The van der Waals surface area contributed by atoms with E-state index in [1.807, 2.05) is 26.1 Å². The molecule has 0 unspecified atom stereocenters. The molecule has 0 aliphatic heterocycles. The Kier molecular flexibility index (Phi) is 6.90. The van der Waals surface area contributed by atoms with E-state index in [0.29, 0.717) is 18.4 Å². The summed E-state index contributed by atoms with van der Waals surface area (Å²) in [5, 5.41) is 3.02. The summed E-state index contributed by atoms with van der Waals surface area (Å²) in [4.78, 5) is 14.2. The third-order valence-electron chi connectivity index (χ3n) is 3.79. The lowest BCUT2D eigenvalue weighted by Crippen LogP contribution is -2.33. The first-order chi connectivity index (χ1) is 9.79. The lowest BCUT2D eigenvalue weighted by atomic mass is 9.98. The highest BCUT2D eigenvalue weighted by Gasteiger charge is 2.12. The summed E-state index contributed by atoms with van der Waals surface area (Å²) in [6.45, 7) is 12.2. The summed E-state index contributed by atoms with van der Waals surface area (Å²) >= 11 is 0. The van der Waals surface area contributed by atoms with Crippen LogP contribution in [-0.4, -0.2) is 30.9 Å². The fourth-order valence-corrected chi connectivity index (χ4v) is 2.80. The van der Waals surface area contributed by atoms with Crippen LogP contribution in [0.2, 0.25) is 0 Å². The lowest BCUT2D eigenvalue weighted by molar-refractivity contribution is -0.117. The van der Waals surface area contributed by atoms with Gasteiger partial charge in [0.15, 0.2) is 0 Å². The Morgan fingerprint density at radius 1 is 1.24 bits per heavy atom. The molecule has 1 aromatic carbocycles. The summed E-state index contributed by atoms with van der Waals surface area (Å²) in [6.07, 6.45) is 1.20. The first-order valence-corrected chi connectivity index (χ1v) is 7.84. The van der Waals surface area contributed by atoms with Crippen LogP contribution in [-0.2, 0) is 4.79 Å². The Balaban J connectivity index is 2.48. The number of carbonyl (C=O) groups is 1. The van der Waals surface area contributed by atoms with E-state index in [0.717, 1.165) is 17.8 Å². The zero-order chi connectivity index (χ0) is 16.0. The number of nitrogens with zero attached hydrogens (tertiary/aromatic N) is 1. The average Bonchev–Trinajstić information content (AvgIpc) is 2.33. The lowest BCUT2D eigenvalue weighted by Gasteiger charge is -2.22. The van der Waals surface area contributed by atoms with Gasteiger partial charge in [0, 0.05) is 12.2 Å². The quantitative estimate of drug-likeness (QED) is 0.827. The van der Waals surface area contributed by atoms with E-state index < -0.39 is 0 Å². The van der Waals surface area contributed by atoms with Crippen LogP contribution in [0.3, 0.4) is 0 Å². The number of nitrogens with one attached hydrogen (secondary N) is 1. The SMILES string of the molecule is Cc1cccc(NC(=O)CN(C)C[C@@H](C)CC(C)C)c1C. The average molecular weight is 290 g/mol. The molecule has 1 amide bonds. The molecule has 3 heteroatoms. The molecular formula is C18H30N2O. The zero-order valence-corrected chi connectivity index (χ0v) is 14.4. The summed E-state index contributed by atoms with van der Waals surface area (Å²) < 4.78 is 0. The number of hydrogen-bond donors (Lipinski definition) is 1. The number of anilines is 1. The Morgan fingerprint density at radius 3 is 2.52 bits per heavy atom. The standard InChI is InChI=1S/C18H30N2O/c1-13(2)10-14(3)11-20(6)12-18(21)19-17-9-7-8-15(4)16(17)5/h7-9,13-14H,10-12H2,1-6H3,(H,19,21)/t14-/m0/s1. The molecule has 0 bridgehead atoms. The number of amides is 1. The summed E-state index contributed by atoms with van der Waals surface area (Å²) in [7, 11) is 2.01. The minimum absolute atomic E-state index is 0.0583. The maximum atomic E-state index is 12.1. The molecule has 0 heterocycles. The molecule has 21 heavy (non-hydrogen) atoms. The predicted molar refractivity (Wildman–Crippen MR) is 90.7 cm³/mol. The maximum absolute atomic E-state index is 12.1. The first-order valence-electron chi connectivity index (χ1n) is 7.84. The normalized spacial score (nSPS) is 12.8. The molecule has 1 N–H and O–H groups in total. The van der Waals surface area contributed by atoms with Crippen LogP contribution in [0.5, 0.6) is 0 Å². The van der Waals surface area contributed by atoms with Crippen molar-refractivity contribution in [3.05, 3.63) is 29.3 Å². The molecule has 1 rings (SSSR count). The highest BCUT2D eigenvalue weighted by atomic mass is 16.2. The van der Waals surface area contributed by atoms with E-state index in [9.17, 15) is 4.79 Å². The van der Waals surface area contributed by atoms with Gasteiger partial charge < -0.3 is 5.32 Å². The molecule has 0 radical (unpaired) electrons. The predicted octanol–water partition coefficient (Wildman–Crippen LogP) is 3.86. The van der Waals surface area contributed by atoms with Crippen molar-refractivity contribution in [3.63, 3.8) is 0 Å². The molecule has 118 valence electrons. The van der Waals surface area contributed by atoms with Crippen LogP contribution >= 0.6 is 0 Å². The van der Waals surface area contributed by atoms with Crippen LogP contribution in [0.25, 0.3) is 0 Å². The van der Waals surface area contributed by atoms with Crippen molar-refractivity contribution in [1.82, 2.24) is 4.90 Å². The van der Waals surface area contributed by atoms with E-state index in [2.05, 4.69) is 44.0 Å². The molecule has 0 saturated heterocycles. The Bertz CT molecular complexity index is 468. The molecule has 0 spiro atoms. The molecule has 1 aromatic rings. The van der Waals surface area contributed by atoms with E-state index >= 15 is 0 Å². The monoisotopic (exact) mass is 290 g/mol. The fourth-order valence-electron chi connectivity index (χ4n) is 2.80. The van der Waals surface area contributed by atoms with Gasteiger partial charge in [-0.15, -0.1) is 0 Å². The van der Waals surface area contributed by atoms with Crippen molar-refractivity contribution in [2.75, 3.05) is 25.5 Å². The molecule has 3 nitrogen and oxygen atoms in total. The van der Waals surface area contributed by atoms with Crippen molar-refractivity contribution in [2.24, 2.45) is 11.8 Å². The highest BCUT2D eigenvalue weighted by Crippen LogP contribution is 2.18. The Morgan fingerprint density at radius 2 is 1.90 bits per heavy atom.